The van der Waals surface area contributed by atoms with E-state index < -0.39 is 0 Å². The molecule has 4 N–H and O–H groups in total. The van der Waals surface area contributed by atoms with Gasteiger partial charge in [0.05, 0.1) is 0 Å². The molecule has 0 saturated heterocycles. The van der Waals surface area contributed by atoms with Gasteiger partial charge in [-0.1, -0.05) is 13.8 Å². The summed E-state index contributed by atoms with van der Waals surface area (Å²) in [6, 6.07) is 4.62. The van der Waals surface area contributed by atoms with Crippen LogP contribution >= 0.6 is 0 Å². The minimum Gasteiger partial charge on any atom is -0.508 e. The van der Waals surface area contributed by atoms with E-state index in [0.717, 1.165) is 12.1 Å². The van der Waals surface area contributed by atoms with E-state index in [-0.39, 0.29) is 23.0 Å². The largest absolute Gasteiger partial charge is 0.508 e. The molecule has 4 nitrogen and oxygen atoms in total. The lowest BCUT2D eigenvalue weighted by atomic mass is 9.92. The molecule has 1 unspecified atom stereocenters. The van der Waals surface area contributed by atoms with Crippen molar-refractivity contribution in [2.75, 3.05) is 20.1 Å². The molecule has 18 heavy (non-hydrogen) atoms. The van der Waals surface area contributed by atoms with Crippen LogP contribution in [0.1, 0.15) is 32.4 Å². The number of nitrogens with zero attached hydrogens (tertiary/aromatic N) is 1. The highest BCUT2D eigenvalue weighted by Gasteiger charge is 2.23. The highest BCUT2D eigenvalue weighted by Crippen LogP contribution is 2.31. The predicted molar refractivity (Wildman–Crippen MR) is 73.7 cm³/mol. The van der Waals surface area contributed by atoms with Crippen LogP contribution in [-0.2, 0) is 0 Å². The first kappa shape index (κ1) is 14.8. The van der Waals surface area contributed by atoms with Gasteiger partial charge >= 0.3 is 0 Å². The smallest absolute Gasteiger partial charge is 0.120 e. The molecule has 1 aromatic carbocycles. The lowest BCUT2D eigenvalue weighted by Crippen LogP contribution is -2.37. The number of benzene rings is 1. The number of phenols is 2. The maximum atomic E-state index is 9.85. The standard InChI is InChI=1S/C14H24N2O2/c1-10(16(4)9-14(2,3)8-15)12-7-11(17)5-6-13(12)18/h5-7,10,17-18H,8-9,15H2,1-4H3. The molecule has 1 aromatic rings. The monoisotopic (exact) mass is 252 g/mol. The maximum Gasteiger partial charge on any atom is 0.120 e. The summed E-state index contributed by atoms with van der Waals surface area (Å²) in [5.74, 6) is 0.374. The van der Waals surface area contributed by atoms with Crippen molar-refractivity contribution in [3.63, 3.8) is 0 Å². The number of rotatable bonds is 5. The first-order valence-electron chi connectivity index (χ1n) is 6.19. The van der Waals surface area contributed by atoms with Crippen molar-refractivity contribution >= 4 is 0 Å². The van der Waals surface area contributed by atoms with Crippen molar-refractivity contribution < 1.29 is 10.2 Å². The number of phenolic OH excluding ortho intramolecular Hbond substituents is 2. The summed E-state index contributed by atoms with van der Waals surface area (Å²) in [6.45, 7) is 7.65. The maximum absolute atomic E-state index is 9.85. The Morgan fingerprint density at radius 2 is 1.94 bits per heavy atom. The number of nitrogens with two attached hydrogens (primary N) is 1. The van der Waals surface area contributed by atoms with E-state index in [1.165, 1.54) is 12.1 Å². The Hall–Kier alpha value is -1.26. The van der Waals surface area contributed by atoms with Gasteiger partial charge in [0.2, 0.25) is 0 Å². The second kappa shape index (κ2) is 5.59. The molecule has 0 aliphatic heterocycles. The third kappa shape index (κ3) is 3.62. The first-order valence-corrected chi connectivity index (χ1v) is 6.19. The van der Waals surface area contributed by atoms with Crippen molar-refractivity contribution in [3.05, 3.63) is 23.8 Å². The van der Waals surface area contributed by atoms with Crippen LogP contribution in [0.5, 0.6) is 11.5 Å². The fraction of sp³-hybridized carbons (Fsp3) is 0.571. The van der Waals surface area contributed by atoms with E-state index in [4.69, 9.17) is 5.73 Å². The zero-order valence-electron chi connectivity index (χ0n) is 11.6. The summed E-state index contributed by atoms with van der Waals surface area (Å²) in [5, 5.41) is 19.3. The Kier molecular flexibility index (Phi) is 4.59. The van der Waals surface area contributed by atoms with Crippen LogP contribution in [0.4, 0.5) is 0 Å². The first-order chi connectivity index (χ1) is 8.26. The molecule has 0 spiro atoms. The molecule has 0 saturated carbocycles. The molecule has 0 heterocycles. The normalized spacial score (nSPS) is 13.9. The van der Waals surface area contributed by atoms with Gasteiger partial charge in [-0.05, 0) is 44.1 Å². The van der Waals surface area contributed by atoms with Crippen LogP contribution < -0.4 is 5.73 Å². The van der Waals surface area contributed by atoms with Crippen molar-refractivity contribution in [3.8, 4) is 11.5 Å². The fourth-order valence-electron chi connectivity index (χ4n) is 1.99. The van der Waals surface area contributed by atoms with E-state index in [0.29, 0.717) is 6.54 Å². The van der Waals surface area contributed by atoms with Gasteiger partial charge in [0.1, 0.15) is 11.5 Å². The second-order valence-electron chi connectivity index (χ2n) is 5.70. The van der Waals surface area contributed by atoms with Crippen LogP contribution in [0.3, 0.4) is 0 Å². The molecule has 0 amide bonds. The summed E-state index contributed by atoms with van der Waals surface area (Å²) in [6.07, 6.45) is 0. The second-order valence-corrected chi connectivity index (χ2v) is 5.70. The number of hydrogen-bond donors (Lipinski definition) is 3. The van der Waals surface area contributed by atoms with E-state index >= 15 is 0 Å². The van der Waals surface area contributed by atoms with Gasteiger partial charge < -0.3 is 15.9 Å². The highest BCUT2D eigenvalue weighted by molar-refractivity contribution is 5.40. The zero-order chi connectivity index (χ0) is 13.9. The highest BCUT2D eigenvalue weighted by atomic mass is 16.3. The van der Waals surface area contributed by atoms with Crippen LogP contribution in [-0.4, -0.2) is 35.3 Å². The lowest BCUT2D eigenvalue weighted by molar-refractivity contribution is 0.172. The van der Waals surface area contributed by atoms with Crippen molar-refractivity contribution in [2.45, 2.75) is 26.8 Å². The summed E-state index contributed by atoms with van der Waals surface area (Å²) in [5.41, 5.74) is 6.48. The Balaban J connectivity index is 2.86. The minimum atomic E-state index is 0.0166. The summed E-state index contributed by atoms with van der Waals surface area (Å²) in [4.78, 5) is 2.13. The molecule has 0 fully saturated rings. The number of aromatic hydroxyl groups is 2. The third-order valence-corrected chi connectivity index (χ3v) is 3.35. The van der Waals surface area contributed by atoms with Gasteiger partial charge in [-0.3, -0.25) is 4.90 Å². The molecular weight excluding hydrogens is 228 g/mol. The fourth-order valence-corrected chi connectivity index (χ4v) is 1.99. The Bertz CT molecular complexity index is 405. The molecule has 0 radical (unpaired) electrons. The molecule has 1 rings (SSSR count). The Morgan fingerprint density at radius 1 is 1.33 bits per heavy atom. The number of hydrogen-bond acceptors (Lipinski definition) is 4. The average molecular weight is 252 g/mol. The van der Waals surface area contributed by atoms with Gasteiger partial charge in [-0.25, -0.2) is 0 Å². The van der Waals surface area contributed by atoms with Crippen molar-refractivity contribution in [1.29, 1.82) is 0 Å². The Morgan fingerprint density at radius 3 is 2.50 bits per heavy atom. The SMILES string of the molecule is CC(c1cc(O)ccc1O)N(C)CC(C)(C)CN. The van der Waals surface area contributed by atoms with Crippen LogP contribution in [0.2, 0.25) is 0 Å². The van der Waals surface area contributed by atoms with Gasteiger partial charge in [-0.15, -0.1) is 0 Å². The Labute approximate surface area is 109 Å². The lowest BCUT2D eigenvalue weighted by Gasteiger charge is -2.33. The van der Waals surface area contributed by atoms with E-state index in [2.05, 4.69) is 18.7 Å². The third-order valence-electron chi connectivity index (χ3n) is 3.35. The summed E-state index contributed by atoms with van der Waals surface area (Å²) >= 11 is 0. The van der Waals surface area contributed by atoms with Gasteiger partial charge in [0.25, 0.3) is 0 Å². The van der Waals surface area contributed by atoms with E-state index in [1.54, 1.807) is 6.07 Å². The van der Waals surface area contributed by atoms with Crippen LogP contribution in [0, 0.1) is 5.41 Å². The molecule has 4 heteroatoms. The zero-order valence-corrected chi connectivity index (χ0v) is 11.6. The van der Waals surface area contributed by atoms with Gasteiger partial charge in [0.15, 0.2) is 0 Å². The molecule has 0 aliphatic carbocycles. The van der Waals surface area contributed by atoms with E-state index in [1.807, 2.05) is 14.0 Å². The van der Waals surface area contributed by atoms with Gasteiger partial charge in [-0.2, -0.15) is 0 Å². The van der Waals surface area contributed by atoms with Crippen molar-refractivity contribution in [1.82, 2.24) is 4.90 Å². The molecule has 102 valence electrons. The predicted octanol–water partition coefficient (Wildman–Crippen LogP) is 2.08. The van der Waals surface area contributed by atoms with E-state index in [9.17, 15) is 10.2 Å². The minimum absolute atomic E-state index is 0.0166. The summed E-state index contributed by atoms with van der Waals surface area (Å²) < 4.78 is 0. The van der Waals surface area contributed by atoms with Crippen LogP contribution in [0.25, 0.3) is 0 Å². The quantitative estimate of drug-likeness (QED) is 0.702. The molecule has 0 bridgehead atoms. The topological polar surface area (TPSA) is 69.7 Å². The van der Waals surface area contributed by atoms with Crippen LogP contribution in [0.15, 0.2) is 18.2 Å². The molecule has 0 aromatic heterocycles. The summed E-state index contributed by atoms with van der Waals surface area (Å²) in [7, 11) is 1.99. The molecular formula is C14H24N2O2. The average Bonchev–Trinajstić information content (AvgIpc) is 2.31. The van der Waals surface area contributed by atoms with Crippen molar-refractivity contribution in [2.24, 2.45) is 11.1 Å². The molecule has 0 aliphatic rings. The molecule has 1 atom stereocenters. The van der Waals surface area contributed by atoms with Gasteiger partial charge in [0, 0.05) is 18.2 Å².